The van der Waals surface area contributed by atoms with Crippen molar-refractivity contribution in [2.75, 3.05) is 11.9 Å². The van der Waals surface area contributed by atoms with Crippen LogP contribution in [-0.4, -0.2) is 24.7 Å². The molecule has 0 saturated heterocycles. The van der Waals surface area contributed by atoms with Gasteiger partial charge in [0.2, 0.25) is 0 Å². The molecule has 0 heterocycles. The zero-order chi connectivity index (χ0) is 17.8. The van der Waals surface area contributed by atoms with Crippen molar-refractivity contribution in [3.63, 3.8) is 0 Å². The summed E-state index contributed by atoms with van der Waals surface area (Å²) in [7, 11) is 0. The third-order valence-corrected chi connectivity index (χ3v) is 3.18. The highest BCUT2D eigenvalue weighted by atomic mass is 35.5. The van der Waals surface area contributed by atoms with E-state index in [9.17, 15) is 22.8 Å². The number of hydrogen-bond donors (Lipinski definition) is 1. The number of alkyl halides is 3. The van der Waals surface area contributed by atoms with E-state index in [4.69, 9.17) is 27.9 Å². The van der Waals surface area contributed by atoms with E-state index in [1.54, 1.807) is 12.2 Å². The molecule has 23 heavy (non-hydrogen) atoms. The number of amides is 1. The molecule has 0 bridgehead atoms. The second-order valence-corrected chi connectivity index (χ2v) is 5.21. The first-order valence-corrected chi connectivity index (χ1v) is 7.02. The van der Waals surface area contributed by atoms with Gasteiger partial charge in [-0.2, -0.15) is 13.2 Å². The number of carbonyl (C=O) groups excluding carboxylic acids is 2. The Morgan fingerprint density at radius 2 is 1.91 bits per heavy atom. The molecule has 0 fully saturated rings. The van der Waals surface area contributed by atoms with E-state index in [1.165, 1.54) is 6.07 Å². The van der Waals surface area contributed by atoms with E-state index >= 15 is 0 Å². The maximum absolute atomic E-state index is 12.4. The van der Waals surface area contributed by atoms with Crippen molar-refractivity contribution in [2.24, 2.45) is 0 Å². The molecule has 0 spiro atoms. The number of halogens is 5. The fourth-order valence-electron chi connectivity index (χ4n) is 1.61. The molecule has 1 rings (SSSR count). The Morgan fingerprint density at radius 3 is 2.43 bits per heavy atom. The van der Waals surface area contributed by atoms with Crippen molar-refractivity contribution in [3.8, 4) is 0 Å². The predicted molar refractivity (Wildman–Crippen MR) is 80.6 cm³/mol. The van der Waals surface area contributed by atoms with E-state index in [0.717, 1.165) is 6.07 Å². The average Bonchev–Trinajstić information content (AvgIpc) is 2.41. The molecular formula is C14H12Cl2F3NO3. The zero-order valence-electron chi connectivity index (χ0n) is 11.9. The highest BCUT2D eigenvalue weighted by Crippen LogP contribution is 2.32. The summed E-state index contributed by atoms with van der Waals surface area (Å²) in [5.74, 6) is -2.90. The number of nitrogens with one attached hydrogen (secondary N) is 1. The predicted octanol–water partition coefficient (Wildman–Crippen LogP) is 4.16. The number of ether oxygens (including phenoxy) is 1. The standard InChI is InChI=1S/C14H12Cl2F3NO3/c1-3-23-12(21)7(2)4-9-10(16)5-8(15)6-11(9)20-13(22)14(17,18)19/h5-6H,2-4H2,1H3,(H,20,22). The first-order chi connectivity index (χ1) is 10.6. The van der Waals surface area contributed by atoms with Gasteiger partial charge in [0.05, 0.1) is 6.61 Å². The summed E-state index contributed by atoms with van der Waals surface area (Å²) in [6.45, 7) is 5.21. The fourth-order valence-corrected chi connectivity index (χ4v) is 2.17. The average molecular weight is 370 g/mol. The fraction of sp³-hybridized carbons (Fsp3) is 0.286. The van der Waals surface area contributed by atoms with Crippen LogP contribution in [-0.2, 0) is 20.7 Å². The van der Waals surface area contributed by atoms with Crippen molar-refractivity contribution in [2.45, 2.75) is 19.5 Å². The topological polar surface area (TPSA) is 55.4 Å². The molecule has 1 aromatic rings. The summed E-state index contributed by atoms with van der Waals surface area (Å²) in [4.78, 5) is 22.7. The summed E-state index contributed by atoms with van der Waals surface area (Å²) < 4.78 is 41.9. The number of carbonyl (C=O) groups is 2. The molecule has 0 atom stereocenters. The second-order valence-electron chi connectivity index (χ2n) is 4.37. The third kappa shape index (κ3) is 5.44. The van der Waals surface area contributed by atoms with Gasteiger partial charge in [0.15, 0.2) is 0 Å². The van der Waals surface area contributed by atoms with Crippen LogP contribution < -0.4 is 5.32 Å². The van der Waals surface area contributed by atoms with Crippen molar-refractivity contribution in [1.82, 2.24) is 0 Å². The Bertz CT molecular complexity index is 645. The van der Waals surface area contributed by atoms with Crippen molar-refractivity contribution in [1.29, 1.82) is 0 Å². The van der Waals surface area contributed by atoms with Crippen LogP contribution in [0.15, 0.2) is 24.3 Å². The zero-order valence-corrected chi connectivity index (χ0v) is 13.4. The minimum atomic E-state index is -5.08. The minimum Gasteiger partial charge on any atom is -0.463 e. The van der Waals surface area contributed by atoms with Gasteiger partial charge in [0.25, 0.3) is 0 Å². The van der Waals surface area contributed by atoms with Crippen molar-refractivity contribution in [3.05, 3.63) is 39.9 Å². The highest BCUT2D eigenvalue weighted by Gasteiger charge is 2.39. The summed E-state index contributed by atoms with van der Waals surface area (Å²) in [5, 5.41) is 1.69. The van der Waals surface area contributed by atoms with Gasteiger partial charge in [-0.3, -0.25) is 4.79 Å². The number of hydrogen-bond acceptors (Lipinski definition) is 3. The molecule has 126 valence electrons. The van der Waals surface area contributed by atoms with Gasteiger partial charge in [0.1, 0.15) is 0 Å². The maximum atomic E-state index is 12.4. The Hall–Kier alpha value is -1.73. The number of esters is 1. The molecule has 4 nitrogen and oxygen atoms in total. The number of rotatable bonds is 5. The van der Waals surface area contributed by atoms with Crippen LogP contribution >= 0.6 is 23.2 Å². The van der Waals surface area contributed by atoms with Crippen molar-refractivity contribution >= 4 is 40.8 Å². The SMILES string of the molecule is C=C(Cc1c(Cl)cc(Cl)cc1NC(=O)C(F)(F)F)C(=O)OCC. The second kappa shape index (κ2) is 7.70. The maximum Gasteiger partial charge on any atom is 0.471 e. The van der Waals surface area contributed by atoms with Gasteiger partial charge in [-0.15, -0.1) is 0 Å². The molecule has 9 heteroatoms. The van der Waals surface area contributed by atoms with Crippen LogP contribution in [0.4, 0.5) is 18.9 Å². The summed E-state index contributed by atoms with van der Waals surface area (Å²) >= 11 is 11.7. The number of anilines is 1. The minimum absolute atomic E-state index is 0.0135. The molecule has 0 aliphatic heterocycles. The first kappa shape index (κ1) is 19.3. The quantitative estimate of drug-likeness (QED) is 0.626. The lowest BCUT2D eigenvalue weighted by molar-refractivity contribution is -0.167. The van der Waals surface area contributed by atoms with Gasteiger partial charge in [-0.1, -0.05) is 29.8 Å². The van der Waals surface area contributed by atoms with Crippen molar-refractivity contribution < 1.29 is 27.5 Å². The van der Waals surface area contributed by atoms with E-state index in [0.29, 0.717) is 0 Å². The van der Waals surface area contributed by atoms with Crippen LogP contribution in [0.25, 0.3) is 0 Å². The normalized spacial score (nSPS) is 11.0. The van der Waals surface area contributed by atoms with E-state index in [2.05, 4.69) is 6.58 Å². The van der Waals surface area contributed by atoms with Gasteiger partial charge in [-0.25, -0.2) is 4.79 Å². The molecule has 0 aliphatic carbocycles. The molecular weight excluding hydrogens is 358 g/mol. The smallest absolute Gasteiger partial charge is 0.463 e. The van der Waals surface area contributed by atoms with Crippen LogP contribution in [0.3, 0.4) is 0 Å². The summed E-state index contributed by atoms with van der Waals surface area (Å²) in [5.41, 5.74) is -0.208. The highest BCUT2D eigenvalue weighted by molar-refractivity contribution is 6.35. The van der Waals surface area contributed by atoms with Gasteiger partial charge >= 0.3 is 18.1 Å². The Labute approximate surface area is 140 Å². The monoisotopic (exact) mass is 369 g/mol. The largest absolute Gasteiger partial charge is 0.471 e. The molecule has 0 saturated carbocycles. The Kier molecular flexibility index (Phi) is 6.47. The van der Waals surface area contributed by atoms with E-state index in [1.807, 2.05) is 0 Å². The lowest BCUT2D eigenvalue weighted by Crippen LogP contribution is -2.30. The summed E-state index contributed by atoms with van der Waals surface area (Å²) in [6, 6.07) is 2.38. The molecule has 0 radical (unpaired) electrons. The molecule has 1 amide bonds. The van der Waals surface area contributed by atoms with E-state index < -0.39 is 18.1 Å². The first-order valence-electron chi connectivity index (χ1n) is 6.27. The van der Waals surface area contributed by atoms with Crippen LogP contribution in [0, 0.1) is 0 Å². The van der Waals surface area contributed by atoms with Crippen LogP contribution in [0.2, 0.25) is 10.0 Å². The lowest BCUT2D eigenvalue weighted by atomic mass is 10.0. The number of benzene rings is 1. The summed E-state index contributed by atoms with van der Waals surface area (Å²) in [6.07, 6.45) is -5.29. The van der Waals surface area contributed by atoms with Gasteiger partial charge < -0.3 is 10.1 Å². The third-order valence-electron chi connectivity index (χ3n) is 2.62. The Morgan fingerprint density at radius 1 is 1.30 bits per heavy atom. The van der Waals surface area contributed by atoms with Gasteiger partial charge in [0, 0.05) is 27.7 Å². The molecule has 0 unspecified atom stereocenters. The molecule has 0 aromatic heterocycles. The van der Waals surface area contributed by atoms with Crippen LogP contribution in [0.1, 0.15) is 12.5 Å². The van der Waals surface area contributed by atoms with Crippen LogP contribution in [0.5, 0.6) is 0 Å². The van der Waals surface area contributed by atoms with E-state index in [-0.39, 0.29) is 39.9 Å². The molecule has 0 aliphatic rings. The molecule has 1 N–H and O–H groups in total. The molecule has 1 aromatic carbocycles. The lowest BCUT2D eigenvalue weighted by Gasteiger charge is -2.15. The van der Waals surface area contributed by atoms with Gasteiger partial charge in [-0.05, 0) is 24.6 Å². The Balaban J connectivity index is 3.13.